The molecule has 3 saturated heterocycles. The monoisotopic (exact) mass is 437 g/mol. The van der Waals surface area contributed by atoms with E-state index in [2.05, 4.69) is 5.32 Å². The van der Waals surface area contributed by atoms with Crippen molar-refractivity contribution in [3.8, 4) is 0 Å². The second-order valence-corrected chi connectivity index (χ2v) is 8.64. The van der Waals surface area contributed by atoms with Crippen LogP contribution in [0.2, 0.25) is 0 Å². The number of amides is 2. The summed E-state index contributed by atoms with van der Waals surface area (Å²) in [5, 5.41) is 3.33. The number of carbonyl (C=O) groups is 2. The molecule has 0 aliphatic carbocycles. The second-order valence-electron chi connectivity index (χ2n) is 8.64. The molecule has 1 atom stereocenters. The summed E-state index contributed by atoms with van der Waals surface area (Å²) in [5.74, 6) is 0.820. The molecule has 0 spiro atoms. The topological polar surface area (TPSA) is 82.9 Å². The lowest BCUT2D eigenvalue weighted by Gasteiger charge is -2.33. The van der Waals surface area contributed by atoms with E-state index < -0.39 is 5.63 Å². The molecule has 0 bridgehead atoms. The van der Waals surface area contributed by atoms with Crippen molar-refractivity contribution >= 4 is 24.2 Å². The first-order chi connectivity index (χ1) is 14.0. The lowest BCUT2D eigenvalue weighted by atomic mass is 9.94. The Labute approximate surface area is 183 Å². The van der Waals surface area contributed by atoms with Crippen molar-refractivity contribution in [1.82, 2.24) is 15.1 Å². The predicted octanol–water partition coefficient (Wildman–Crippen LogP) is 2.31. The molecule has 1 unspecified atom stereocenters. The largest absolute Gasteiger partial charge is 0.427 e. The first kappa shape index (κ1) is 22.8. The first-order valence-electron chi connectivity index (χ1n) is 11.0. The van der Waals surface area contributed by atoms with Crippen molar-refractivity contribution < 1.29 is 14.0 Å². The Morgan fingerprint density at radius 3 is 2.33 bits per heavy atom. The molecule has 1 aromatic rings. The molecule has 1 aromatic heterocycles. The molecular weight excluding hydrogens is 406 g/mol. The Kier molecular flexibility index (Phi) is 7.58. The molecule has 166 valence electrons. The van der Waals surface area contributed by atoms with Crippen molar-refractivity contribution in [2.24, 2.45) is 5.92 Å². The van der Waals surface area contributed by atoms with Gasteiger partial charge in [-0.25, -0.2) is 4.79 Å². The average Bonchev–Trinajstić information content (AvgIpc) is 3.28. The fourth-order valence-electron chi connectivity index (χ4n) is 4.87. The van der Waals surface area contributed by atoms with Gasteiger partial charge in [0.2, 0.25) is 5.91 Å². The highest BCUT2D eigenvalue weighted by Crippen LogP contribution is 2.26. The number of hydrogen-bond donors (Lipinski definition) is 1. The van der Waals surface area contributed by atoms with Gasteiger partial charge in [0, 0.05) is 44.6 Å². The summed E-state index contributed by atoms with van der Waals surface area (Å²) in [4.78, 5) is 41.9. The van der Waals surface area contributed by atoms with E-state index in [0.29, 0.717) is 37.3 Å². The summed E-state index contributed by atoms with van der Waals surface area (Å²) in [6, 6.07) is 1.86. The SMILES string of the molecule is Cc1cc(C2CCCNC2)oc(=O)c1C(=O)N1CCC(C(=O)N2CCCC2)CC1.Cl. The van der Waals surface area contributed by atoms with Crippen molar-refractivity contribution in [2.45, 2.75) is 51.4 Å². The molecule has 0 saturated carbocycles. The zero-order valence-corrected chi connectivity index (χ0v) is 18.5. The lowest BCUT2D eigenvalue weighted by Crippen LogP contribution is -2.44. The van der Waals surface area contributed by atoms with Gasteiger partial charge < -0.3 is 19.5 Å². The van der Waals surface area contributed by atoms with Crippen LogP contribution in [0.4, 0.5) is 0 Å². The number of aryl methyl sites for hydroxylation is 1. The molecule has 2 amide bonds. The molecule has 7 nitrogen and oxygen atoms in total. The van der Waals surface area contributed by atoms with Gasteiger partial charge in [0.15, 0.2) is 0 Å². The molecular formula is C22H32ClN3O4. The van der Waals surface area contributed by atoms with Gasteiger partial charge in [-0.15, -0.1) is 12.4 Å². The van der Waals surface area contributed by atoms with Crippen LogP contribution < -0.4 is 10.9 Å². The maximum absolute atomic E-state index is 13.0. The van der Waals surface area contributed by atoms with Crippen LogP contribution in [0.15, 0.2) is 15.3 Å². The van der Waals surface area contributed by atoms with Gasteiger partial charge in [0.1, 0.15) is 11.3 Å². The molecule has 0 radical (unpaired) electrons. The standard InChI is InChI=1S/C22H31N3O4.ClH/c1-15-13-18(17-5-4-8-23-14-17)29-22(28)19(15)21(27)25-11-6-16(7-12-25)20(26)24-9-2-3-10-24;/h13,16-17,23H,2-12,14H2,1H3;1H. The third-order valence-corrected chi connectivity index (χ3v) is 6.63. The maximum Gasteiger partial charge on any atom is 0.349 e. The van der Waals surface area contributed by atoms with Crippen molar-refractivity contribution in [2.75, 3.05) is 39.3 Å². The number of nitrogens with zero attached hydrogens (tertiary/aromatic N) is 2. The fourth-order valence-corrected chi connectivity index (χ4v) is 4.87. The number of rotatable bonds is 3. The average molecular weight is 438 g/mol. The molecule has 3 fully saturated rings. The minimum absolute atomic E-state index is 0. The zero-order chi connectivity index (χ0) is 20.4. The molecule has 4 rings (SSSR count). The third kappa shape index (κ3) is 4.72. The van der Waals surface area contributed by atoms with Gasteiger partial charge in [-0.2, -0.15) is 0 Å². The number of likely N-dealkylation sites (tertiary alicyclic amines) is 2. The van der Waals surface area contributed by atoms with E-state index in [-0.39, 0.29) is 41.6 Å². The van der Waals surface area contributed by atoms with Crippen molar-refractivity contribution in [1.29, 1.82) is 0 Å². The van der Waals surface area contributed by atoms with Crippen LogP contribution in [-0.2, 0) is 4.79 Å². The molecule has 4 heterocycles. The molecule has 1 N–H and O–H groups in total. The van der Waals surface area contributed by atoms with E-state index in [9.17, 15) is 14.4 Å². The van der Waals surface area contributed by atoms with Gasteiger partial charge >= 0.3 is 5.63 Å². The number of hydrogen-bond acceptors (Lipinski definition) is 5. The highest BCUT2D eigenvalue weighted by Gasteiger charge is 2.33. The predicted molar refractivity (Wildman–Crippen MR) is 116 cm³/mol. The number of piperidine rings is 2. The van der Waals surface area contributed by atoms with E-state index in [1.807, 2.05) is 17.9 Å². The maximum atomic E-state index is 13.0. The van der Waals surface area contributed by atoms with Crippen molar-refractivity contribution in [3.63, 3.8) is 0 Å². The van der Waals surface area contributed by atoms with E-state index in [1.165, 1.54) is 0 Å². The van der Waals surface area contributed by atoms with Gasteiger partial charge in [0.25, 0.3) is 5.91 Å². The summed E-state index contributed by atoms with van der Waals surface area (Å²) >= 11 is 0. The minimum Gasteiger partial charge on any atom is -0.427 e. The molecule has 8 heteroatoms. The van der Waals surface area contributed by atoms with E-state index in [0.717, 1.165) is 51.9 Å². The Morgan fingerprint density at radius 2 is 1.73 bits per heavy atom. The van der Waals surface area contributed by atoms with Crippen molar-refractivity contribution in [3.05, 3.63) is 33.4 Å². The highest BCUT2D eigenvalue weighted by molar-refractivity contribution is 5.95. The Bertz CT molecular complexity index is 820. The first-order valence-corrected chi connectivity index (χ1v) is 11.0. The third-order valence-electron chi connectivity index (χ3n) is 6.63. The van der Waals surface area contributed by atoms with Crippen LogP contribution in [-0.4, -0.2) is 60.9 Å². The van der Waals surface area contributed by atoms with Crippen LogP contribution in [0.5, 0.6) is 0 Å². The molecule has 30 heavy (non-hydrogen) atoms. The second kappa shape index (κ2) is 9.96. The lowest BCUT2D eigenvalue weighted by molar-refractivity contribution is -0.135. The normalized spacial score (nSPS) is 22.6. The summed E-state index contributed by atoms with van der Waals surface area (Å²) in [7, 11) is 0. The van der Waals surface area contributed by atoms with Crippen LogP contribution in [0, 0.1) is 12.8 Å². The molecule has 3 aliphatic heterocycles. The van der Waals surface area contributed by atoms with Crippen LogP contribution in [0.1, 0.15) is 66.1 Å². The minimum atomic E-state index is -0.536. The smallest absolute Gasteiger partial charge is 0.349 e. The molecule has 0 aromatic carbocycles. The van der Waals surface area contributed by atoms with Crippen LogP contribution in [0.3, 0.4) is 0 Å². The summed E-state index contributed by atoms with van der Waals surface area (Å²) in [6.45, 7) is 6.35. The Hall–Kier alpha value is -1.86. The fraction of sp³-hybridized carbons (Fsp3) is 0.682. The van der Waals surface area contributed by atoms with Crippen LogP contribution >= 0.6 is 12.4 Å². The number of nitrogens with one attached hydrogen (secondary N) is 1. The van der Waals surface area contributed by atoms with E-state index >= 15 is 0 Å². The van der Waals surface area contributed by atoms with Gasteiger partial charge in [-0.1, -0.05) is 0 Å². The quantitative estimate of drug-likeness (QED) is 0.784. The van der Waals surface area contributed by atoms with Crippen LogP contribution in [0.25, 0.3) is 0 Å². The number of carbonyl (C=O) groups excluding carboxylic acids is 2. The van der Waals surface area contributed by atoms with E-state index in [1.54, 1.807) is 4.90 Å². The zero-order valence-electron chi connectivity index (χ0n) is 17.7. The molecule has 3 aliphatic rings. The summed E-state index contributed by atoms with van der Waals surface area (Å²) < 4.78 is 5.56. The highest BCUT2D eigenvalue weighted by atomic mass is 35.5. The Balaban J connectivity index is 0.00000256. The van der Waals surface area contributed by atoms with E-state index in [4.69, 9.17) is 4.42 Å². The summed E-state index contributed by atoms with van der Waals surface area (Å²) in [6.07, 6.45) is 5.55. The van der Waals surface area contributed by atoms with Gasteiger partial charge in [-0.3, -0.25) is 9.59 Å². The number of halogens is 1. The summed E-state index contributed by atoms with van der Waals surface area (Å²) in [5.41, 5.74) is 0.287. The van der Waals surface area contributed by atoms with Gasteiger partial charge in [-0.05, 0) is 63.6 Å². The van der Waals surface area contributed by atoms with Gasteiger partial charge in [0.05, 0.1) is 0 Å². The Morgan fingerprint density at radius 1 is 1.03 bits per heavy atom.